The lowest BCUT2D eigenvalue weighted by Crippen LogP contribution is -2.24. The zero-order valence-corrected chi connectivity index (χ0v) is 12.1. The molecule has 1 aromatic carbocycles. The molecular formula is C14H19FN2S. The molecule has 18 heavy (non-hydrogen) atoms. The monoisotopic (exact) mass is 266 g/mol. The Hall–Kier alpha value is -1.16. The summed E-state index contributed by atoms with van der Waals surface area (Å²) in [6.45, 7) is 9.79. The van der Waals surface area contributed by atoms with Gasteiger partial charge in [-0.05, 0) is 23.5 Å². The Bertz CT molecular complexity index is 542. The van der Waals surface area contributed by atoms with Gasteiger partial charge in [0.05, 0.1) is 10.2 Å². The Kier molecular flexibility index (Phi) is 3.57. The van der Waals surface area contributed by atoms with E-state index in [2.05, 4.69) is 38.0 Å². The molecule has 1 unspecified atom stereocenters. The first-order chi connectivity index (χ1) is 8.36. The van der Waals surface area contributed by atoms with Gasteiger partial charge < -0.3 is 5.32 Å². The van der Waals surface area contributed by atoms with Gasteiger partial charge in [-0.1, -0.05) is 39.0 Å². The number of thiazole rings is 1. The molecule has 0 aliphatic rings. The quantitative estimate of drug-likeness (QED) is 0.883. The highest BCUT2D eigenvalue weighted by Crippen LogP contribution is 2.29. The van der Waals surface area contributed by atoms with Crippen molar-refractivity contribution in [2.24, 2.45) is 11.3 Å². The second-order valence-electron chi connectivity index (χ2n) is 5.78. The van der Waals surface area contributed by atoms with Crippen molar-refractivity contribution in [3.8, 4) is 0 Å². The molecule has 0 saturated heterocycles. The number of hydrogen-bond acceptors (Lipinski definition) is 3. The van der Waals surface area contributed by atoms with Gasteiger partial charge in [0.25, 0.3) is 0 Å². The van der Waals surface area contributed by atoms with Crippen LogP contribution in [0.4, 0.5) is 9.52 Å². The molecule has 0 saturated carbocycles. The smallest absolute Gasteiger partial charge is 0.183 e. The van der Waals surface area contributed by atoms with Crippen molar-refractivity contribution in [3.05, 3.63) is 24.0 Å². The van der Waals surface area contributed by atoms with Gasteiger partial charge >= 0.3 is 0 Å². The molecule has 0 bridgehead atoms. The van der Waals surface area contributed by atoms with E-state index in [1.807, 2.05) is 0 Å². The van der Waals surface area contributed by atoms with E-state index in [4.69, 9.17) is 0 Å². The summed E-state index contributed by atoms with van der Waals surface area (Å²) in [4.78, 5) is 4.39. The lowest BCUT2D eigenvalue weighted by atomic mass is 9.82. The van der Waals surface area contributed by atoms with Gasteiger partial charge in [0.15, 0.2) is 5.13 Å². The van der Waals surface area contributed by atoms with Gasteiger partial charge in [-0.25, -0.2) is 9.37 Å². The number of benzene rings is 1. The van der Waals surface area contributed by atoms with Crippen LogP contribution in [0, 0.1) is 17.2 Å². The molecule has 0 fully saturated rings. The maximum atomic E-state index is 13.1. The van der Waals surface area contributed by atoms with E-state index < -0.39 is 0 Å². The van der Waals surface area contributed by atoms with Crippen LogP contribution in [0.1, 0.15) is 27.7 Å². The largest absolute Gasteiger partial charge is 0.361 e. The van der Waals surface area contributed by atoms with Crippen molar-refractivity contribution >= 4 is 26.7 Å². The molecule has 0 spiro atoms. The number of fused-ring (bicyclic) bond motifs is 1. The van der Waals surface area contributed by atoms with E-state index in [9.17, 15) is 4.39 Å². The number of aromatic nitrogens is 1. The van der Waals surface area contributed by atoms with Gasteiger partial charge in [-0.3, -0.25) is 0 Å². The molecule has 1 N–H and O–H groups in total. The van der Waals surface area contributed by atoms with Crippen LogP contribution in [0.3, 0.4) is 0 Å². The summed E-state index contributed by atoms with van der Waals surface area (Å²) < 4.78 is 14.1. The summed E-state index contributed by atoms with van der Waals surface area (Å²) in [5, 5.41) is 4.21. The van der Waals surface area contributed by atoms with E-state index in [0.29, 0.717) is 5.92 Å². The first-order valence-corrected chi connectivity index (χ1v) is 6.98. The summed E-state index contributed by atoms with van der Waals surface area (Å²) in [7, 11) is 0. The highest BCUT2D eigenvalue weighted by Gasteiger charge is 2.19. The van der Waals surface area contributed by atoms with Crippen molar-refractivity contribution in [1.29, 1.82) is 0 Å². The number of nitrogens with zero attached hydrogens (tertiary/aromatic N) is 1. The molecule has 2 rings (SSSR count). The summed E-state index contributed by atoms with van der Waals surface area (Å²) in [6.07, 6.45) is 0. The zero-order chi connectivity index (χ0) is 13.3. The third-order valence-corrected chi connectivity index (χ3v) is 4.38. The molecule has 4 heteroatoms. The molecule has 1 heterocycles. The average Bonchev–Trinajstić information content (AvgIpc) is 2.66. The van der Waals surface area contributed by atoms with Crippen molar-refractivity contribution in [1.82, 2.24) is 4.98 Å². The van der Waals surface area contributed by atoms with E-state index in [1.54, 1.807) is 17.4 Å². The molecule has 98 valence electrons. The Balaban J connectivity index is 2.09. The van der Waals surface area contributed by atoms with Crippen LogP contribution in [0.25, 0.3) is 10.2 Å². The molecule has 2 aromatic rings. The molecule has 0 aliphatic heterocycles. The fraction of sp³-hybridized carbons (Fsp3) is 0.500. The predicted octanol–water partition coefficient (Wildman–Crippen LogP) is 4.53. The molecule has 0 radical (unpaired) electrons. The summed E-state index contributed by atoms with van der Waals surface area (Å²) in [6, 6.07) is 4.73. The minimum absolute atomic E-state index is 0.234. The number of hydrogen-bond donors (Lipinski definition) is 1. The fourth-order valence-corrected chi connectivity index (χ4v) is 2.38. The van der Waals surface area contributed by atoms with E-state index in [-0.39, 0.29) is 11.2 Å². The topological polar surface area (TPSA) is 24.9 Å². The fourth-order valence-electron chi connectivity index (χ4n) is 1.52. The molecule has 0 aliphatic carbocycles. The normalized spacial score (nSPS) is 13.8. The highest BCUT2D eigenvalue weighted by molar-refractivity contribution is 7.22. The van der Waals surface area contributed by atoms with Gasteiger partial charge in [-0.2, -0.15) is 0 Å². The maximum absolute atomic E-state index is 13.1. The van der Waals surface area contributed by atoms with Crippen LogP contribution < -0.4 is 5.32 Å². The van der Waals surface area contributed by atoms with Gasteiger partial charge in [-0.15, -0.1) is 0 Å². The first kappa shape index (κ1) is 13.3. The Morgan fingerprint density at radius 3 is 2.78 bits per heavy atom. The third kappa shape index (κ3) is 2.99. The number of nitrogens with one attached hydrogen (secondary N) is 1. The van der Waals surface area contributed by atoms with E-state index >= 15 is 0 Å². The van der Waals surface area contributed by atoms with Crippen molar-refractivity contribution in [2.75, 3.05) is 11.9 Å². The van der Waals surface area contributed by atoms with Crippen LogP contribution in [-0.2, 0) is 0 Å². The van der Waals surface area contributed by atoms with E-state index in [1.165, 1.54) is 12.1 Å². The first-order valence-electron chi connectivity index (χ1n) is 6.16. The number of rotatable bonds is 3. The second kappa shape index (κ2) is 4.84. The summed E-state index contributed by atoms with van der Waals surface area (Å²) >= 11 is 1.57. The van der Waals surface area contributed by atoms with E-state index in [0.717, 1.165) is 21.9 Å². The van der Waals surface area contributed by atoms with Gasteiger partial charge in [0.1, 0.15) is 5.82 Å². The Morgan fingerprint density at radius 2 is 2.11 bits per heavy atom. The molecular weight excluding hydrogens is 247 g/mol. The van der Waals surface area contributed by atoms with Gasteiger partial charge in [0.2, 0.25) is 0 Å². The van der Waals surface area contributed by atoms with Crippen molar-refractivity contribution in [3.63, 3.8) is 0 Å². The SMILES string of the molecule is CC(CNc1nc2cc(F)ccc2s1)C(C)(C)C. The second-order valence-corrected chi connectivity index (χ2v) is 6.81. The van der Waals surface area contributed by atoms with Gasteiger partial charge in [0, 0.05) is 12.6 Å². The van der Waals surface area contributed by atoms with Crippen LogP contribution >= 0.6 is 11.3 Å². The molecule has 0 amide bonds. The lowest BCUT2D eigenvalue weighted by Gasteiger charge is -2.27. The Morgan fingerprint density at radius 1 is 1.39 bits per heavy atom. The minimum Gasteiger partial charge on any atom is -0.361 e. The van der Waals surface area contributed by atoms with Crippen LogP contribution in [0.15, 0.2) is 18.2 Å². The Labute approximate surface area is 111 Å². The maximum Gasteiger partial charge on any atom is 0.183 e. The minimum atomic E-state index is -0.234. The van der Waals surface area contributed by atoms with Crippen LogP contribution in [-0.4, -0.2) is 11.5 Å². The molecule has 2 nitrogen and oxygen atoms in total. The summed E-state index contributed by atoms with van der Waals surface area (Å²) in [5.74, 6) is 0.309. The standard InChI is InChI=1S/C14H19FN2S/c1-9(14(2,3)4)8-16-13-17-11-7-10(15)5-6-12(11)18-13/h5-7,9H,8H2,1-4H3,(H,16,17). The molecule has 1 aromatic heterocycles. The molecule has 1 atom stereocenters. The number of anilines is 1. The van der Waals surface area contributed by atoms with Crippen molar-refractivity contribution < 1.29 is 4.39 Å². The predicted molar refractivity (Wildman–Crippen MR) is 76.7 cm³/mol. The zero-order valence-electron chi connectivity index (χ0n) is 11.2. The van der Waals surface area contributed by atoms with Crippen LogP contribution in [0.5, 0.6) is 0 Å². The van der Waals surface area contributed by atoms with Crippen LogP contribution in [0.2, 0.25) is 0 Å². The average molecular weight is 266 g/mol. The summed E-state index contributed by atoms with van der Waals surface area (Å²) in [5.41, 5.74) is 1.00. The highest BCUT2D eigenvalue weighted by atomic mass is 32.1. The number of halogens is 1. The third-order valence-electron chi connectivity index (χ3n) is 3.39. The van der Waals surface area contributed by atoms with Crippen molar-refractivity contribution in [2.45, 2.75) is 27.7 Å². The lowest BCUT2D eigenvalue weighted by molar-refractivity contribution is 0.274.